The van der Waals surface area contributed by atoms with Crippen molar-refractivity contribution in [3.8, 4) is 0 Å². The minimum Gasteiger partial charge on any atom is -0.357 e. The summed E-state index contributed by atoms with van der Waals surface area (Å²) < 4.78 is 0. The van der Waals surface area contributed by atoms with Crippen LogP contribution < -0.4 is 10.6 Å². The Morgan fingerprint density at radius 2 is 2.07 bits per heavy atom. The van der Waals surface area contributed by atoms with Gasteiger partial charge in [-0.3, -0.25) is 0 Å². The van der Waals surface area contributed by atoms with Crippen molar-refractivity contribution in [3.63, 3.8) is 0 Å². The van der Waals surface area contributed by atoms with Crippen molar-refractivity contribution in [3.05, 3.63) is 18.1 Å². The summed E-state index contributed by atoms with van der Waals surface area (Å²) in [4.78, 5) is 10.9. The van der Waals surface area contributed by atoms with E-state index in [1.807, 2.05) is 0 Å². The second kappa shape index (κ2) is 5.07. The van der Waals surface area contributed by atoms with E-state index in [0.717, 1.165) is 44.0 Å². The molecule has 15 heavy (non-hydrogen) atoms. The molecule has 1 aromatic heterocycles. The Kier molecular flexibility index (Phi) is 3.50. The van der Waals surface area contributed by atoms with Gasteiger partial charge in [-0.25, -0.2) is 9.97 Å². The summed E-state index contributed by atoms with van der Waals surface area (Å²) in [5.41, 5.74) is 6.59. The molecule has 0 aliphatic carbocycles. The zero-order valence-electron chi connectivity index (χ0n) is 9.02. The molecule has 0 unspecified atom stereocenters. The van der Waals surface area contributed by atoms with Crippen molar-refractivity contribution in [1.29, 1.82) is 0 Å². The lowest BCUT2D eigenvalue weighted by Gasteiger charge is -2.16. The molecule has 0 saturated carbocycles. The second-order valence-electron chi connectivity index (χ2n) is 3.95. The third kappa shape index (κ3) is 2.65. The highest BCUT2D eigenvalue weighted by Gasteiger charge is 2.13. The molecular weight excluding hydrogens is 188 g/mol. The van der Waals surface area contributed by atoms with Gasteiger partial charge in [0.15, 0.2) is 0 Å². The van der Waals surface area contributed by atoms with E-state index in [-0.39, 0.29) is 0 Å². The van der Waals surface area contributed by atoms with Crippen LogP contribution in [-0.2, 0) is 6.42 Å². The van der Waals surface area contributed by atoms with Gasteiger partial charge in [0.25, 0.3) is 0 Å². The molecule has 0 bridgehead atoms. The highest BCUT2D eigenvalue weighted by atomic mass is 15.2. The van der Waals surface area contributed by atoms with Crippen LogP contribution in [0.5, 0.6) is 0 Å². The predicted molar refractivity (Wildman–Crippen MR) is 60.9 cm³/mol. The van der Waals surface area contributed by atoms with Crippen LogP contribution in [0.3, 0.4) is 0 Å². The minimum atomic E-state index is 0.725. The van der Waals surface area contributed by atoms with Crippen molar-refractivity contribution < 1.29 is 0 Å². The van der Waals surface area contributed by atoms with Crippen LogP contribution in [0.1, 0.15) is 25.0 Å². The van der Waals surface area contributed by atoms with E-state index in [1.165, 1.54) is 12.8 Å². The molecule has 4 nitrogen and oxygen atoms in total. The van der Waals surface area contributed by atoms with E-state index in [9.17, 15) is 0 Å². The molecule has 0 amide bonds. The molecule has 0 spiro atoms. The van der Waals surface area contributed by atoms with E-state index in [2.05, 4.69) is 20.9 Å². The van der Waals surface area contributed by atoms with Gasteiger partial charge in [-0.2, -0.15) is 0 Å². The zero-order valence-corrected chi connectivity index (χ0v) is 9.02. The lowest BCUT2D eigenvalue weighted by Crippen LogP contribution is -2.19. The fourth-order valence-corrected chi connectivity index (χ4v) is 1.92. The van der Waals surface area contributed by atoms with Gasteiger partial charge in [0.1, 0.15) is 12.1 Å². The molecule has 0 radical (unpaired) electrons. The van der Waals surface area contributed by atoms with Gasteiger partial charge >= 0.3 is 0 Å². The number of rotatable bonds is 4. The SMILES string of the molecule is NCCCc1cc(N2CCCC2)ncn1. The van der Waals surface area contributed by atoms with Gasteiger partial charge in [0.2, 0.25) is 0 Å². The third-order valence-electron chi connectivity index (χ3n) is 2.78. The number of nitrogens with zero attached hydrogens (tertiary/aromatic N) is 3. The van der Waals surface area contributed by atoms with Crippen LogP contribution in [0.4, 0.5) is 5.82 Å². The Morgan fingerprint density at radius 3 is 2.80 bits per heavy atom. The fourth-order valence-electron chi connectivity index (χ4n) is 1.92. The highest BCUT2D eigenvalue weighted by Crippen LogP contribution is 2.17. The van der Waals surface area contributed by atoms with Crippen molar-refractivity contribution in [2.75, 3.05) is 24.5 Å². The number of hydrogen-bond acceptors (Lipinski definition) is 4. The van der Waals surface area contributed by atoms with E-state index in [0.29, 0.717) is 0 Å². The maximum Gasteiger partial charge on any atom is 0.132 e. The van der Waals surface area contributed by atoms with Crippen LogP contribution in [0.15, 0.2) is 12.4 Å². The van der Waals surface area contributed by atoms with Gasteiger partial charge in [-0.15, -0.1) is 0 Å². The number of nitrogens with two attached hydrogens (primary N) is 1. The second-order valence-corrected chi connectivity index (χ2v) is 3.95. The first-order valence-corrected chi connectivity index (χ1v) is 5.66. The predicted octanol–water partition coefficient (Wildman–Crippen LogP) is 0.968. The van der Waals surface area contributed by atoms with Gasteiger partial charge < -0.3 is 10.6 Å². The smallest absolute Gasteiger partial charge is 0.132 e. The number of hydrogen-bond donors (Lipinski definition) is 1. The van der Waals surface area contributed by atoms with Gasteiger partial charge in [-0.05, 0) is 32.2 Å². The van der Waals surface area contributed by atoms with Crippen LogP contribution in [0.2, 0.25) is 0 Å². The number of aryl methyl sites for hydroxylation is 1. The maximum absolute atomic E-state index is 5.48. The lowest BCUT2D eigenvalue weighted by molar-refractivity contribution is 0.801. The standard InChI is InChI=1S/C11H18N4/c12-5-3-4-10-8-11(14-9-13-10)15-6-1-2-7-15/h8-9H,1-7,12H2. The van der Waals surface area contributed by atoms with Crippen molar-refractivity contribution in [2.45, 2.75) is 25.7 Å². The molecular formula is C11H18N4. The summed E-state index contributed by atoms with van der Waals surface area (Å²) in [7, 11) is 0. The number of aromatic nitrogens is 2. The molecule has 0 aromatic carbocycles. The van der Waals surface area contributed by atoms with Crippen molar-refractivity contribution >= 4 is 5.82 Å². The third-order valence-corrected chi connectivity index (χ3v) is 2.78. The van der Waals surface area contributed by atoms with Crippen molar-refractivity contribution in [1.82, 2.24) is 9.97 Å². The van der Waals surface area contributed by atoms with E-state index in [4.69, 9.17) is 5.73 Å². The van der Waals surface area contributed by atoms with Crippen LogP contribution >= 0.6 is 0 Å². The summed E-state index contributed by atoms with van der Waals surface area (Å²) in [5, 5.41) is 0. The first-order valence-electron chi connectivity index (χ1n) is 5.66. The summed E-state index contributed by atoms with van der Waals surface area (Å²) in [6, 6.07) is 2.10. The Labute approximate surface area is 90.5 Å². The van der Waals surface area contributed by atoms with E-state index in [1.54, 1.807) is 6.33 Å². The Morgan fingerprint density at radius 1 is 1.27 bits per heavy atom. The summed E-state index contributed by atoms with van der Waals surface area (Å²) >= 11 is 0. The molecule has 2 rings (SSSR count). The first-order chi connectivity index (χ1) is 7.40. The average molecular weight is 206 g/mol. The average Bonchev–Trinajstić information content (AvgIpc) is 2.80. The molecule has 2 heterocycles. The lowest BCUT2D eigenvalue weighted by atomic mass is 10.2. The number of anilines is 1. The fraction of sp³-hybridized carbons (Fsp3) is 0.636. The molecule has 0 atom stereocenters. The molecule has 1 fully saturated rings. The zero-order chi connectivity index (χ0) is 10.5. The molecule has 4 heteroatoms. The summed E-state index contributed by atoms with van der Waals surface area (Å²) in [6.07, 6.45) is 6.18. The topological polar surface area (TPSA) is 55.0 Å². The molecule has 82 valence electrons. The Bertz CT molecular complexity index is 307. The maximum atomic E-state index is 5.48. The first kappa shape index (κ1) is 10.4. The molecule has 1 aliphatic rings. The molecule has 2 N–H and O–H groups in total. The van der Waals surface area contributed by atoms with Crippen LogP contribution in [0, 0.1) is 0 Å². The van der Waals surface area contributed by atoms with E-state index < -0.39 is 0 Å². The van der Waals surface area contributed by atoms with Crippen molar-refractivity contribution in [2.24, 2.45) is 5.73 Å². The summed E-state index contributed by atoms with van der Waals surface area (Å²) in [6.45, 7) is 2.99. The van der Waals surface area contributed by atoms with E-state index >= 15 is 0 Å². The molecule has 1 saturated heterocycles. The largest absolute Gasteiger partial charge is 0.357 e. The quantitative estimate of drug-likeness (QED) is 0.797. The van der Waals surface area contributed by atoms with Gasteiger partial charge in [-0.1, -0.05) is 0 Å². The van der Waals surface area contributed by atoms with Crippen LogP contribution in [-0.4, -0.2) is 29.6 Å². The minimum absolute atomic E-state index is 0.725. The van der Waals surface area contributed by atoms with Gasteiger partial charge in [0.05, 0.1) is 0 Å². The monoisotopic (exact) mass is 206 g/mol. The Hall–Kier alpha value is -1.16. The summed E-state index contributed by atoms with van der Waals surface area (Å²) in [5.74, 6) is 1.08. The normalized spacial score (nSPS) is 15.9. The van der Waals surface area contributed by atoms with Gasteiger partial charge in [0, 0.05) is 24.8 Å². The highest BCUT2D eigenvalue weighted by molar-refractivity contribution is 5.39. The molecule has 1 aliphatic heterocycles. The Balaban J connectivity index is 2.04. The molecule has 1 aromatic rings. The van der Waals surface area contributed by atoms with Crippen LogP contribution in [0.25, 0.3) is 0 Å².